The minimum absolute atomic E-state index is 0.0937. The van der Waals surface area contributed by atoms with Crippen molar-refractivity contribution in [3.8, 4) is 17.2 Å². The van der Waals surface area contributed by atoms with Gasteiger partial charge < -0.3 is 9.88 Å². The number of carbonyl (C=O) groups is 1. The normalized spacial score (nSPS) is 11.6. The molecule has 0 saturated carbocycles. The van der Waals surface area contributed by atoms with E-state index in [1.54, 1.807) is 17.2 Å². The molecule has 3 aromatic heterocycles. The summed E-state index contributed by atoms with van der Waals surface area (Å²) in [5.74, 6) is 0.255. The molecule has 0 saturated heterocycles. The van der Waals surface area contributed by atoms with Crippen molar-refractivity contribution < 1.29 is 4.79 Å². The summed E-state index contributed by atoms with van der Waals surface area (Å²) in [6, 6.07) is 3.77. The van der Waals surface area contributed by atoms with E-state index in [-0.39, 0.29) is 17.3 Å². The largest absolute Gasteiger partial charge is 0.345 e. The zero-order valence-electron chi connectivity index (χ0n) is 15.0. The van der Waals surface area contributed by atoms with Gasteiger partial charge in [-0.2, -0.15) is 0 Å². The molecule has 0 unspecified atom stereocenters. The van der Waals surface area contributed by atoms with Gasteiger partial charge in [-0.3, -0.25) is 9.78 Å². The van der Waals surface area contributed by atoms with Crippen LogP contribution < -0.4 is 5.32 Å². The van der Waals surface area contributed by atoms with Gasteiger partial charge in [0.25, 0.3) is 5.91 Å². The van der Waals surface area contributed by atoms with Crippen LogP contribution in [0, 0.1) is 6.92 Å². The number of nitrogens with zero attached hydrogens (tertiary/aromatic N) is 6. The lowest BCUT2D eigenvalue weighted by atomic mass is 10.1. The van der Waals surface area contributed by atoms with E-state index in [2.05, 4.69) is 25.4 Å². The van der Waals surface area contributed by atoms with Gasteiger partial charge in [-0.1, -0.05) is 0 Å². The second-order valence-electron chi connectivity index (χ2n) is 6.96. The monoisotopic (exact) mass is 339 g/mol. The summed E-state index contributed by atoms with van der Waals surface area (Å²) in [6.07, 6.45) is 5.20. The van der Waals surface area contributed by atoms with Crippen molar-refractivity contribution in [1.82, 2.24) is 34.6 Å². The molecule has 0 atom stereocenters. The van der Waals surface area contributed by atoms with E-state index in [0.29, 0.717) is 17.2 Å². The fourth-order valence-corrected chi connectivity index (χ4v) is 2.26. The highest BCUT2D eigenvalue weighted by molar-refractivity contribution is 5.91. The van der Waals surface area contributed by atoms with Gasteiger partial charge in [0, 0.05) is 24.5 Å². The highest BCUT2D eigenvalue weighted by Gasteiger charge is 2.23. The predicted octanol–water partition coefficient (Wildman–Crippen LogP) is 1.90. The molecular formula is C17H21N7O. The van der Waals surface area contributed by atoms with Gasteiger partial charge in [-0.05, 0) is 39.8 Å². The van der Waals surface area contributed by atoms with Crippen molar-refractivity contribution in [2.45, 2.75) is 33.2 Å². The smallest absolute Gasteiger partial charge is 0.291 e. The second kappa shape index (κ2) is 6.12. The van der Waals surface area contributed by atoms with E-state index >= 15 is 0 Å². The topological polar surface area (TPSA) is 90.5 Å². The quantitative estimate of drug-likeness (QED) is 0.787. The SMILES string of the molecule is Cc1ccc(-n2nc(C(=O)NC(C)(C)C)nc2-c2cn(C)cn2)cn1. The molecule has 3 rings (SSSR count). The number of carbonyl (C=O) groups excluding carboxylic acids is 1. The molecule has 1 amide bonds. The lowest BCUT2D eigenvalue weighted by Gasteiger charge is -2.18. The van der Waals surface area contributed by atoms with E-state index in [1.807, 2.05) is 57.6 Å². The third-order valence-electron chi connectivity index (χ3n) is 3.37. The first-order valence-corrected chi connectivity index (χ1v) is 7.94. The zero-order chi connectivity index (χ0) is 18.2. The summed E-state index contributed by atoms with van der Waals surface area (Å²) in [4.78, 5) is 25.5. The highest BCUT2D eigenvalue weighted by atomic mass is 16.2. The molecule has 0 aliphatic rings. The number of hydrogen-bond acceptors (Lipinski definition) is 5. The molecule has 3 heterocycles. The molecule has 3 aromatic rings. The van der Waals surface area contributed by atoms with Crippen molar-refractivity contribution >= 4 is 5.91 Å². The van der Waals surface area contributed by atoms with Gasteiger partial charge in [0.05, 0.1) is 18.2 Å². The van der Waals surface area contributed by atoms with Crippen molar-refractivity contribution in [3.63, 3.8) is 0 Å². The van der Waals surface area contributed by atoms with Crippen LogP contribution in [-0.4, -0.2) is 40.7 Å². The fraction of sp³-hybridized carbons (Fsp3) is 0.353. The Balaban J connectivity index is 2.08. The summed E-state index contributed by atoms with van der Waals surface area (Å²) < 4.78 is 3.41. The number of aromatic nitrogens is 6. The predicted molar refractivity (Wildman–Crippen MR) is 93.3 cm³/mol. The Kier molecular flexibility index (Phi) is 4.12. The van der Waals surface area contributed by atoms with Crippen molar-refractivity contribution in [3.05, 3.63) is 42.4 Å². The summed E-state index contributed by atoms with van der Waals surface area (Å²) in [5, 5.41) is 7.26. The summed E-state index contributed by atoms with van der Waals surface area (Å²) >= 11 is 0. The Morgan fingerprint density at radius 3 is 2.52 bits per heavy atom. The van der Waals surface area contributed by atoms with E-state index in [0.717, 1.165) is 5.69 Å². The Labute approximate surface area is 145 Å². The number of imidazole rings is 1. The maximum atomic E-state index is 12.5. The number of rotatable bonds is 3. The van der Waals surface area contributed by atoms with Gasteiger partial charge in [-0.15, -0.1) is 5.10 Å². The number of aryl methyl sites for hydroxylation is 2. The van der Waals surface area contributed by atoms with Gasteiger partial charge in [-0.25, -0.2) is 14.6 Å². The van der Waals surface area contributed by atoms with Gasteiger partial charge in [0.15, 0.2) is 5.82 Å². The highest BCUT2D eigenvalue weighted by Crippen LogP contribution is 2.19. The summed E-state index contributed by atoms with van der Waals surface area (Å²) in [5.41, 5.74) is 1.87. The standard InChI is InChI=1S/C17H21N7O/c1-11-6-7-12(8-18-11)24-15(13-9-23(5)10-19-13)20-14(22-24)16(25)21-17(2,3)4/h6-10H,1-5H3,(H,21,25). The Morgan fingerprint density at radius 1 is 1.20 bits per heavy atom. The van der Waals surface area contributed by atoms with Crippen molar-refractivity contribution in [2.24, 2.45) is 7.05 Å². The van der Waals surface area contributed by atoms with Crippen molar-refractivity contribution in [1.29, 1.82) is 0 Å². The molecule has 0 radical (unpaired) electrons. The molecular weight excluding hydrogens is 318 g/mol. The Hall–Kier alpha value is -3.03. The first-order chi connectivity index (χ1) is 11.7. The van der Waals surface area contributed by atoms with E-state index in [9.17, 15) is 4.79 Å². The molecule has 0 fully saturated rings. The lowest BCUT2D eigenvalue weighted by molar-refractivity contribution is 0.0909. The molecule has 0 spiro atoms. The van der Waals surface area contributed by atoms with Crippen LogP contribution in [0.5, 0.6) is 0 Å². The summed E-state index contributed by atoms with van der Waals surface area (Å²) in [7, 11) is 1.87. The van der Waals surface area contributed by atoms with Crippen LogP contribution in [0.4, 0.5) is 0 Å². The number of nitrogens with one attached hydrogen (secondary N) is 1. The fourth-order valence-electron chi connectivity index (χ4n) is 2.26. The number of hydrogen-bond donors (Lipinski definition) is 1. The van der Waals surface area contributed by atoms with Crippen LogP contribution in [0.25, 0.3) is 17.2 Å². The van der Waals surface area contributed by atoms with Gasteiger partial charge in [0.1, 0.15) is 5.69 Å². The Morgan fingerprint density at radius 2 is 1.96 bits per heavy atom. The average molecular weight is 339 g/mol. The van der Waals surface area contributed by atoms with Crippen LogP contribution >= 0.6 is 0 Å². The average Bonchev–Trinajstić information content (AvgIpc) is 3.12. The third kappa shape index (κ3) is 3.73. The van der Waals surface area contributed by atoms with E-state index in [4.69, 9.17) is 0 Å². The lowest BCUT2D eigenvalue weighted by Crippen LogP contribution is -2.41. The second-order valence-corrected chi connectivity index (χ2v) is 6.96. The molecule has 0 aromatic carbocycles. The van der Waals surface area contributed by atoms with Crippen LogP contribution in [0.15, 0.2) is 30.9 Å². The van der Waals surface area contributed by atoms with Crippen molar-refractivity contribution in [2.75, 3.05) is 0 Å². The minimum Gasteiger partial charge on any atom is -0.345 e. The molecule has 0 aliphatic heterocycles. The zero-order valence-corrected chi connectivity index (χ0v) is 15.0. The molecule has 0 bridgehead atoms. The van der Waals surface area contributed by atoms with Crippen LogP contribution in [0.2, 0.25) is 0 Å². The van der Waals surface area contributed by atoms with Crippen LogP contribution in [-0.2, 0) is 7.05 Å². The number of amides is 1. The summed E-state index contributed by atoms with van der Waals surface area (Å²) in [6.45, 7) is 7.63. The van der Waals surface area contributed by atoms with Crippen LogP contribution in [0.1, 0.15) is 37.1 Å². The molecule has 0 aliphatic carbocycles. The molecule has 8 heteroatoms. The third-order valence-corrected chi connectivity index (χ3v) is 3.37. The number of pyridine rings is 1. The maximum absolute atomic E-state index is 12.5. The van der Waals surface area contributed by atoms with E-state index < -0.39 is 0 Å². The van der Waals surface area contributed by atoms with Gasteiger partial charge >= 0.3 is 0 Å². The maximum Gasteiger partial charge on any atom is 0.291 e. The Bertz CT molecular complexity index is 900. The van der Waals surface area contributed by atoms with E-state index in [1.165, 1.54) is 0 Å². The molecule has 1 N–H and O–H groups in total. The van der Waals surface area contributed by atoms with Gasteiger partial charge in [0.2, 0.25) is 5.82 Å². The molecule has 8 nitrogen and oxygen atoms in total. The minimum atomic E-state index is -0.376. The first-order valence-electron chi connectivity index (χ1n) is 7.94. The first kappa shape index (κ1) is 16.8. The van der Waals surface area contributed by atoms with Crippen LogP contribution in [0.3, 0.4) is 0 Å². The molecule has 130 valence electrons. The molecule has 25 heavy (non-hydrogen) atoms.